The van der Waals surface area contributed by atoms with Gasteiger partial charge in [-0.05, 0) is 12.5 Å². The first-order valence-electron chi connectivity index (χ1n) is 6.17. The first-order chi connectivity index (χ1) is 9.67. The molecule has 6 heteroatoms. The second-order valence-electron chi connectivity index (χ2n) is 4.29. The molecule has 0 bridgehead atoms. The number of carbonyl (C=O) groups is 1. The predicted octanol–water partition coefficient (Wildman–Crippen LogP) is 1.25. The molecule has 0 radical (unpaired) electrons. The maximum atomic E-state index is 11.2. The molecule has 20 heavy (non-hydrogen) atoms. The van der Waals surface area contributed by atoms with Crippen molar-refractivity contribution in [2.75, 3.05) is 13.7 Å². The molecule has 0 saturated carbocycles. The zero-order chi connectivity index (χ0) is 14.5. The van der Waals surface area contributed by atoms with Gasteiger partial charge in [0, 0.05) is 31.0 Å². The lowest BCUT2D eigenvalue weighted by atomic mass is 10.2. The molecule has 2 rings (SSSR count). The fraction of sp³-hybridized carbons (Fsp3) is 0.286. The summed E-state index contributed by atoms with van der Waals surface area (Å²) in [7, 11) is 1.60. The highest BCUT2D eigenvalue weighted by molar-refractivity contribution is 5.87. The Bertz CT molecular complexity index is 607. The van der Waals surface area contributed by atoms with Crippen LogP contribution in [0.3, 0.4) is 0 Å². The average Bonchev–Trinajstić information content (AvgIpc) is 2.84. The Morgan fingerprint density at radius 3 is 2.75 bits per heavy atom. The number of ether oxygens (including phenoxy) is 1. The normalized spacial score (nSPS) is 10.7. The Balaban J connectivity index is 2.47. The zero-order valence-electron chi connectivity index (χ0n) is 11.1. The molecule has 6 nitrogen and oxygen atoms in total. The first-order valence-corrected chi connectivity index (χ1v) is 6.17. The molecule has 2 N–H and O–H groups in total. The minimum atomic E-state index is -1.10. The van der Waals surface area contributed by atoms with Crippen LogP contribution in [0.4, 0.5) is 0 Å². The van der Waals surface area contributed by atoms with Crippen molar-refractivity contribution < 1.29 is 19.7 Å². The number of hydrogen-bond donors (Lipinski definition) is 2. The molecule has 2 aromatic rings. The van der Waals surface area contributed by atoms with E-state index in [4.69, 9.17) is 14.9 Å². The topological polar surface area (TPSA) is 84.6 Å². The summed E-state index contributed by atoms with van der Waals surface area (Å²) < 4.78 is 6.64. The highest BCUT2D eigenvalue weighted by Crippen LogP contribution is 2.18. The zero-order valence-corrected chi connectivity index (χ0v) is 11.1. The molecule has 0 aliphatic carbocycles. The number of methoxy groups -OCH3 is 1. The van der Waals surface area contributed by atoms with Crippen LogP contribution in [0, 0.1) is 0 Å². The van der Waals surface area contributed by atoms with Gasteiger partial charge in [-0.25, -0.2) is 9.48 Å². The molecule has 0 fully saturated rings. The largest absolute Gasteiger partial charge is 0.476 e. The van der Waals surface area contributed by atoms with Crippen molar-refractivity contribution in [2.24, 2.45) is 0 Å². The summed E-state index contributed by atoms with van der Waals surface area (Å²) >= 11 is 0. The maximum Gasteiger partial charge on any atom is 0.356 e. The van der Waals surface area contributed by atoms with Gasteiger partial charge in [0.15, 0.2) is 5.69 Å². The summed E-state index contributed by atoms with van der Waals surface area (Å²) in [4.78, 5) is 11.2. The highest BCUT2D eigenvalue weighted by atomic mass is 16.5. The van der Waals surface area contributed by atoms with E-state index in [-0.39, 0.29) is 18.7 Å². The van der Waals surface area contributed by atoms with E-state index < -0.39 is 5.97 Å². The van der Waals surface area contributed by atoms with E-state index in [9.17, 15) is 4.79 Å². The number of benzene rings is 1. The molecule has 0 amide bonds. The van der Waals surface area contributed by atoms with Crippen LogP contribution in [-0.4, -0.2) is 39.7 Å². The number of para-hydroxylation sites is 1. The number of aromatic nitrogens is 2. The van der Waals surface area contributed by atoms with Crippen LogP contribution >= 0.6 is 0 Å². The minimum absolute atomic E-state index is 0.0359. The van der Waals surface area contributed by atoms with Crippen molar-refractivity contribution in [2.45, 2.75) is 13.0 Å². The van der Waals surface area contributed by atoms with Gasteiger partial charge in [0.2, 0.25) is 0 Å². The first kappa shape index (κ1) is 14.2. The molecule has 1 aromatic heterocycles. The van der Waals surface area contributed by atoms with Gasteiger partial charge in [0.25, 0.3) is 0 Å². The van der Waals surface area contributed by atoms with Crippen LogP contribution in [0.15, 0.2) is 30.5 Å². The van der Waals surface area contributed by atoms with Crippen LogP contribution in [0.1, 0.15) is 21.6 Å². The second kappa shape index (κ2) is 6.31. The lowest BCUT2D eigenvalue weighted by Crippen LogP contribution is -2.05. The number of aliphatic hydroxyl groups excluding tert-OH is 1. The number of aliphatic hydroxyl groups is 1. The van der Waals surface area contributed by atoms with Gasteiger partial charge in [-0.1, -0.05) is 18.2 Å². The molecule has 1 aromatic carbocycles. The van der Waals surface area contributed by atoms with Gasteiger partial charge < -0.3 is 14.9 Å². The Morgan fingerprint density at radius 2 is 2.10 bits per heavy atom. The summed E-state index contributed by atoms with van der Waals surface area (Å²) in [6.45, 7) is 0.291. The van der Waals surface area contributed by atoms with Crippen molar-refractivity contribution in [1.29, 1.82) is 0 Å². The molecule has 0 atom stereocenters. The molecule has 0 aliphatic heterocycles. The van der Waals surface area contributed by atoms with Gasteiger partial charge in [-0.15, -0.1) is 0 Å². The number of carboxylic acids is 1. The van der Waals surface area contributed by atoms with Crippen LogP contribution < -0.4 is 0 Å². The number of hydrogen-bond acceptors (Lipinski definition) is 4. The average molecular weight is 276 g/mol. The van der Waals surface area contributed by atoms with Crippen molar-refractivity contribution in [3.63, 3.8) is 0 Å². The van der Waals surface area contributed by atoms with E-state index in [2.05, 4.69) is 5.10 Å². The number of aromatic carboxylic acids is 1. The van der Waals surface area contributed by atoms with E-state index in [0.29, 0.717) is 12.2 Å². The molecule has 0 aliphatic rings. The monoisotopic (exact) mass is 276 g/mol. The molecule has 0 saturated heterocycles. The molecule has 106 valence electrons. The molecule has 0 unspecified atom stereocenters. The summed E-state index contributed by atoms with van der Waals surface area (Å²) in [5.74, 6) is -1.10. The maximum absolute atomic E-state index is 11.2. The number of nitrogens with zero attached hydrogens (tertiary/aromatic N) is 2. The van der Waals surface area contributed by atoms with Gasteiger partial charge in [-0.3, -0.25) is 0 Å². The van der Waals surface area contributed by atoms with Gasteiger partial charge in [0.1, 0.15) is 0 Å². The molecular weight excluding hydrogens is 260 g/mol. The Hall–Kier alpha value is -2.18. The fourth-order valence-electron chi connectivity index (χ4n) is 2.03. The third-order valence-electron chi connectivity index (χ3n) is 2.91. The standard InChI is InChI=1S/C14H16N2O4/c1-20-9-11-4-2-3-5-12(11)16-8-10(6-7-17)13(15-16)14(18)19/h2-5,8,17H,6-7,9H2,1H3,(H,18,19). The highest BCUT2D eigenvalue weighted by Gasteiger charge is 2.17. The smallest absolute Gasteiger partial charge is 0.356 e. The van der Waals surface area contributed by atoms with E-state index in [1.54, 1.807) is 13.3 Å². The number of rotatable bonds is 6. The molecule has 1 heterocycles. The van der Waals surface area contributed by atoms with Gasteiger partial charge in [-0.2, -0.15) is 5.10 Å². The number of carboxylic acid groups (broad SMARTS) is 1. The summed E-state index contributed by atoms with van der Waals surface area (Å²) in [5.41, 5.74) is 2.14. The van der Waals surface area contributed by atoms with E-state index in [1.165, 1.54) is 4.68 Å². The third kappa shape index (κ3) is 2.87. The SMILES string of the molecule is COCc1ccccc1-n1cc(CCO)c(C(=O)O)n1. The van der Waals surface area contributed by atoms with Crippen molar-refractivity contribution in [3.8, 4) is 5.69 Å². The Labute approximate surface area is 116 Å². The van der Waals surface area contributed by atoms with Gasteiger partial charge in [0.05, 0.1) is 12.3 Å². The predicted molar refractivity (Wildman–Crippen MR) is 72.0 cm³/mol. The van der Waals surface area contributed by atoms with Crippen LogP contribution in [0.25, 0.3) is 5.69 Å². The van der Waals surface area contributed by atoms with Gasteiger partial charge >= 0.3 is 5.97 Å². The summed E-state index contributed by atoms with van der Waals surface area (Å²) in [6, 6.07) is 7.47. The summed E-state index contributed by atoms with van der Waals surface area (Å²) in [6.07, 6.45) is 1.89. The van der Waals surface area contributed by atoms with Crippen LogP contribution in [0.2, 0.25) is 0 Å². The van der Waals surface area contributed by atoms with Crippen molar-refractivity contribution in [3.05, 3.63) is 47.3 Å². The van der Waals surface area contributed by atoms with Crippen molar-refractivity contribution >= 4 is 5.97 Å². The van der Waals surface area contributed by atoms with Crippen LogP contribution in [-0.2, 0) is 17.8 Å². The lowest BCUT2D eigenvalue weighted by Gasteiger charge is -2.08. The fourth-order valence-corrected chi connectivity index (χ4v) is 2.03. The molecule has 0 spiro atoms. The molecular formula is C14H16N2O4. The van der Waals surface area contributed by atoms with Crippen molar-refractivity contribution in [1.82, 2.24) is 9.78 Å². The third-order valence-corrected chi connectivity index (χ3v) is 2.91. The Kier molecular flexibility index (Phi) is 4.49. The van der Waals surface area contributed by atoms with E-state index in [0.717, 1.165) is 11.3 Å². The van der Waals surface area contributed by atoms with E-state index >= 15 is 0 Å². The van der Waals surface area contributed by atoms with E-state index in [1.807, 2.05) is 24.3 Å². The Morgan fingerprint density at radius 1 is 1.35 bits per heavy atom. The quantitative estimate of drug-likeness (QED) is 0.829. The summed E-state index contributed by atoms with van der Waals surface area (Å²) in [5, 5.41) is 22.2. The lowest BCUT2D eigenvalue weighted by molar-refractivity contribution is 0.0688. The second-order valence-corrected chi connectivity index (χ2v) is 4.29. The van der Waals surface area contributed by atoms with Crippen LogP contribution in [0.5, 0.6) is 0 Å². The minimum Gasteiger partial charge on any atom is -0.476 e.